The van der Waals surface area contributed by atoms with Crippen molar-refractivity contribution >= 4 is 5.71 Å². The average molecular weight is 207 g/mol. The molecule has 3 heteroatoms. The van der Waals surface area contributed by atoms with Crippen LogP contribution in [0.4, 0.5) is 0 Å². The SMILES string of the molecule is CC/C(CO)=C1/C(C)=CC=C/C1=N/OC. The van der Waals surface area contributed by atoms with Gasteiger partial charge in [0, 0.05) is 5.57 Å². The van der Waals surface area contributed by atoms with Crippen LogP contribution in [0, 0.1) is 0 Å². The Bertz CT molecular complexity index is 343. The van der Waals surface area contributed by atoms with Gasteiger partial charge in [-0.2, -0.15) is 0 Å². The number of aliphatic hydroxyl groups excluding tert-OH is 1. The van der Waals surface area contributed by atoms with E-state index < -0.39 is 0 Å². The van der Waals surface area contributed by atoms with E-state index in [4.69, 9.17) is 4.84 Å². The average Bonchev–Trinajstić information content (AvgIpc) is 2.24. The Morgan fingerprint density at radius 1 is 1.53 bits per heavy atom. The van der Waals surface area contributed by atoms with Crippen LogP contribution in [0.15, 0.2) is 40.1 Å². The number of hydrogen-bond acceptors (Lipinski definition) is 3. The maximum absolute atomic E-state index is 9.28. The first kappa shape index (κ1) is 11.7. The molecule has 0 saturated heterocycles. The standard InChI is InChI=1S/C12H17NO2/c1-4-10(8-14)12-9(2)6-5-7-11(12)13-15-3/h5-7,14H,4,8H2,1-3H3/b12-10+,13-11-. The first-order valence-corrected chi connectivity index (χ1v) is 5.04. The van der Waals surface area contributed by atoms with Crippen molar-refractivity contribution in [3.63, 3.8) is 0 Å². The topological polar surface area (TPSA) is 41.8 Å². The maximum Gasteiger partial charge on any atom is 0.110 e. The fraction of sp³-hybridized carbons (Fsp3) is 0.417. The van der Waals surface area contributed by atoms with E-state index in [0.29, 0.717) is 0 Å². The molecule has 82 valence electrons. The van der Waals surface area contributed by atoms with Gasteiger partial charge in [0.25, 0.3) is 0 Å². The van der Waals surface area contributed by atoms with Crippen molar-refractivity contribution in [1.82, 2.24) is 0 Å². The molecule has 0 amide bonds. The summed E-state index contributed by atoms with van der Waals surface area (Å²) in [7, 11) is 1.52. The molecule has 1 aliphatic carbocycles. The summed E-state index contributed by atoms with van der Waals surface area (Å²) < 4.78 is 0. The van der Waals surface area contributed by atoms with E-state index in [2.05, 4.69) is 5.16 Å². The van der Waals surface area contributed by atoms with E-state index in [0.717, 1.165) is 28.9 Å². The Kier molecular flexibility index (Phi) is 4.31. The van der Waals surface area contributed by atoms with E-state index >= 15 is 0 Å². The van der Waals surface area contributed by atoms with Crippen molar-refractivity contribution < 1.29 is 9.94 Å². The van der Waals surface area contributed by atoms with E-state index in [-0.39, 0.29) is 6.61 Å². The van der Waals surface area contributed by atoms with Crippen molar-refractivity contribution in [2.45, 2.75) is 20.3 Å². The fourth-order valence-corrected chi connectivity index (χ4v) is 1.65. The van der Waals surface area contributed by atoms with Crippen LogP contribution in [-0.4, -0.2) is 24.5 Å². The predicted molar refractivity (Wildman–Crippen MR) is 61.7 cm³/mol. The lowest BCUT2D eigenvalue weighted by atomic mass is 9.92. The van der Waals surface area contributed by atoms with Crippen molar-refractivity contribution in [3.8, 4) is 0 Å². The molecule has 1 aliphatic rings. The van der Waals surface area contributed by atoms with Crippen LogP contribution in [-0.2, 0) is 4.84 Å². The van der Waals surface area contributed by atoms with Gasteiger partial charge in [-0.15, -0.1) is 0 Å². The number of oxime groups is 1. The van der Waals surface area contributed by atoms with Gasteiger partial charge >= 0.3 is 0 Å². The Labute approximate surface area is 90.4 Å². The highest BCUT2D eigenvalue weighted by atomic mass is 16.6. The molecule has 0 unspecified atom stereocenters. The summed E-state index contributed by atoms with van der Waals surface area (Å²) in [6.45, 7) is 4.09. The van der Waals surface area contributed by atoms with Gasteiger partial charge in [0.1, 0.15) is 12.8 Å². The zero-order chi connectivity index (χ0) is 11.3. The molecule has 0 aliphatic heterocycles. The number of aliphatic hydroxyl groups is 1. The van der Waals surface area contributed by atoms with E-state index in [9.17, 15) is 5.11 Å². The number of rotatable bonds is 3. The summed E-state index contributed by atoms with van der Waals surface area (Å²) in [5, 5.41) is 13.2. The maximum atomic E-state index is 9.28. The van der Waals surface area contributed by atoms with Gasteiger partial charge in [-0.1, -0.05) is 24.2 Å². The molecule has 0 saturated carbocycles. The molecule has 15 heavy (non-hydrogen) atoms. The van der Waals surface area contributed by atoms with E-state index in [1.54, 1.807) is 0 Å². The first-order valence-electron chi connectivity index (χ1n) is 5.04. The normalized spacial score (nSPS) is 21.6. The first-order chi connectivity index (χ1) is 7.24. The quantitative estimate of drug-likeness (QED) is 0.721. The zero-order valence-corrected chi connectivity index (χ0v) is 9.45. The third-order valence-electron chi connectivity index (χ3n) is 2.41. The summed E-state index contributed by atoms with van der Waals surface area (Å²) in [5.74, 6) is 0. The van der Waals surface area contributed by atoms with Crippen molar-refractivity contribution in [3.05, 3.63) is 34.9 Å². The van der Waals surface area contributed by atoms with Gasteiger partial charge in [0.2, 0.25) is 0 Å². The second-order valence-electron chi connectivity index (χ2n) is 3.36. The highest BCUT2D eigenvalue weighted by Crippen LogP contribution is 2.22. The molecular weight excluding hydrogens is 190 g/mol. The summed E-state index contributed by atoms with van der Waals surface area (Å²) in [5.41, 5.74) is 3.89. The molecule has 0 heterocycles. The molecule has 1 N–H and O–H groups in total. The molecule has 0 spiro atoms. The molecule has 0 bridgehead atoms. The van der Waals surface area contributed by atoms with Gasteiger partial charge in [-0.05, 0) is 30.6 Å². The second kappa shape index (κ2) is 5.51. The Balaban J connectivity index is 3.21. The van der Waals surface area contributed by atoms with Crippen LogP contribution < -0.4 is 0 Å². The molecule has 0 aromatic rings. The molecule has 0 atom stereocenters. The van der Waals surface area contributed by atoms with Gasteiger partial charge in [0.05, 0.1) is 6.61 Å². The largest absolute Gasteiger partial charge is 0.399 e. The molecule has 3 nitrogen and oxygen atoms in total. The van der Waals surface area contributed by atoms with Crippen LogP contribution in [0.2, 0.25) is 0 Å². The fourth-order valence-electron chi connectivity index (χ4n) is 1.65. The summed E-state index contributed by atoms with van der Waals surface area (Å²) in [6.07, 6.45) is 6.64. The lowest BCUT2D eigenvalue weighted by Crippen LogP contribution is -2.10. The Morgan fingerprint density at radius 3 is 2.80 bits per heavy atom. The van der Waals surface area contributed by atoms with Crippen LogP contribution in [0.1, 0.15) is 20.3 Å². The Morgan fingerprint density at radius 2 is 2.27 bits per heavy atom. The Hall–Kier alpha value is -1.35. The third kappa shape index (κ3) is 2.57. The zero-order valence-electron chi connectivity index (χ0n) is 9.45. The van der Waals surface area contributed by atoms with Crippen molar-refractivity contribution in [2.24, 2.45) is 5.16 Å². The van der Waals surface area contributed by atoms with Crippen molar-refractivity contribution in [1.29, 1.82) is 0 Å². The number of hydrogen-bond donors (Lipinski definition) is 1. The minimum Gasteiger partial charge on any atom is -0.399 e. The van der Waals surface area contributed by atoms with E-state index in [1.165, 1.54) is 7.11 Å². The highest BCUT2D eigenvalue weighted by molar-refractivity contribution is 6.12. The number of allylic oxidation sites excluding steroid dienone is 5. The molecule has 0 aromatic carbocycles. The van der Waals surface area contributed by atoms with Gasteiger partial charge in [-0.3, -0.25) is 0 Å². The van der Waals surface area contributed by atoms with Crippen molar-refractivity contribution in [2.75, 3.05) is 13.7 Å². The third-order valence-corrected chi connectivity index (χ3v) is 2.41. The minimum absolute atomic E-state index is 0.0631. The number of nitrogens with zero attached hydrogens (tertiary/aromatic N) is 1. The lowest BCUT2D eigenvalue weighted by molar-refractivity contribution is 0.214. The van der Waals surface area contributed by atoms with Gasteiger partial charge in [0.15, 0.2) is 0 Å². The van der Waals surface area contributed by atoms with Crippen LogP contribution in [0.5, 0.6) is 0 Å². The second-order valence-corrected chi connectivity index (χ2v) is 3.36. The molecular formula is C12H17NO2. The smallest absolute Gasteiger partial charge is 0.110 e. The molecule has 0 fully saturated rings. The summed E-state index contributed by atoms with van der Waals surface area (Å²) >= 11 is 0. The van der Waals surface area contributed by atoms with Crippen LogP contribution in [0.3, 0.4) is 0 Å². The van der Waals surface area contributed by atoms with Crippen LogP contribution in [0.25, 0.3) is 0 Å². The summed E-state index contributed by atoms with van der Waals surface area (Å²) in [4.78, 5) is 4.79. The molecule has 0 aromatic heterocycles. The summed E-state index contributed by atoms with van der Waals surface area (Å²) in [6, 6.07) is 0. The lowest BCUT2D eigenvalue weighted by Gasteiger charge is -2.15. The van der Waals surface area contributed by atoms with Gasteiger partial charge < -0.3 is 9.94 Å². The minimum atomic E-state index is 0.0631. The highest BCUT2D eigenvalue weighted by Gasteiger charge is 2.14. The predicted octanol–water partition coefficient (Wildman–Crippen LogP) is 2.20. The van der Waals surface area contributed by atoms with Gasteiger partial charge in [-0.25, -0.2) is 0 Å². The molecule has 1 rings (SSSR count). The molecule has 0 radical (unpaired) electrons. The van der Waals surface area contributed by atoms with E-state index in [1.807, 2.05) is 32.1 Å². The monoisotopic (exact) mass is 207 g/mol. The van der Waals surface area contributed by atoms with Crippen LogP contribution >= 0.6 is 0 Å².